The summed E-state index contributed by atoms with van der Waals surface area (Å²) in [5, 5.41) is 0. The lowest BCUT2D eigenvalue weighted by atomic mass is 10.2. The van der Waals surface area contributed by atoms with Crippen LogP contribution in [0.3, 0.4) is 0 Å². The zero-order valence-electron chi connectivity index (χ0n) is 10.2. The van der Waals surface area contributed by atoms with Crippen molar-refractivity contribution in [3.8, 4) is 5.88 Å². The second kappa shape index (κ2) is 6.15. The number of aromatic nitrogens is 2. The van der Waals surface area contributed by atoms with Gasteiger partial charge in [-0.3, -0.25) is 15.6 Å². The molecule has 2 N–H and O–H groups in total. The number of nitrogens with zero attached hydrogens (tertiary/aromatic N) is 2. The molecule has 7 nitrogen and oxygen atoms in total. The molecule has 1 amide bonds. The van der Waals surface area contributed by atoms with E-state index in [1.165, 1.54) is 7.11 Å². The summed E-state index contributed by atoms with van der Waals surface area (Å²) in [6.07, 6.45) is 3.86. The summed E-state index contributed by atoms with van der Waals surface area (Å²) in [6, 6.07) is 1.62. The van der Waals surface area contributed by atoms with Crippen LogP contribution in [-0.2, 0) is 9.53 Å². The first kappa shape index (κ1) is 12.6. The normalized spacial score (nSPS) is 18.4. The molecular formula is C11H16N4O3. The number of hydrogen-bond donors (Lipinski definition) is 2. The molecule has 1 saturated heterocycles. The number of hydrogen-bond acceptors (Lipinski definition) is 6. The molecule has 0 aliphatic carbocycles. The highest BCUT2D eigenvalue weighted by Crippen LogP contribution is 2.14. The van der Waals surface area contributed by atoms with E-state index in [9.17, 15) is 4.79 Å². The van der Waals surface area contributed by atoms with Gasteiger partial charge in [-0.1, -0.05) is 0 Å². The number of hydrazine groups is 1. The van der Waals surface area contributed by atoms with E-state index in [1.54, 1.807) is 12.3 Å². The number of nitrogens with one attached hydrogen (secondary N) is 2. The van der Waals surface area contributed by atoms with E-state index in [1.807, 2.05) is 0 Å². The van der Waals surface area contributed by atoms with Crippen molar-refractivity contribution in [2.24, 2.45) is 0 Å². The molecular weight excluding hydrogens is 236 g/mol. The summed E-state index contributed by atoms with van der Waals surface area (Å²) in [6.45, 7) is 0.740. The van der Waals surface area contributed by atoms with Crippen LogP contribution in [0.2, 0.25) is 0 Å². The van der Waals surface area contributed by atoms with Gasteiger partial charge in [-0.25, -0.2) is 4.98 Å². The number of amides is 1. The quantitative estimate of drug-likeness (QED) is 0.742. The summed E-state index contributed by atoms with van der Waals surface area (Å²) in [4.78, 5) is 19.5. The number of carbonyl (C=O) groups is 1. The van der Waals surface area contributed by atoms with Gasteiger partial charge in [0.1, 0.15) is 0 Å². The Morgan fingerprint density at radius 3 is 3.28 bits per heavy atom. The van der Waals surface area contributed by atoms with Crippen LogP contribution in [0.15, 0.2) is 12.3 Å². The van der Waals surface area contributed by atoms with Crippen LogP contribution in [0.1, 0.15) is 19.3 Å². The zero-order valence-corrected chi connectivity index (χ0v) is 10.2. The van der Waals surface area contributed by atoms with Gasteiger partial charge in [0.2, 0.25) is 17.7 Å². The van der Waals surface area contributed by atoms with Crippen molar-refractivity contribution in [2.75, 3.05) is 19.1 Å². The third-order valence-corrected chi connectivity index (χ3v) is 2.59. The Kier molecular flexibility index (Phi) is 4.30. The summed E-state index contributed by atoms with van der Waals surface area (Å²) < 4.78 is 10.3. The number of carbonyl (C=O) groups excluding carboxylic acids is 1. The van der Waals surface area contributed by atoms with Crippen molar-refractivity contribution in [1.82, 2.24) is 15.4 Å². The van der Waals surface area contributed by atoms with Crippen molar-refractivity contribution < 1.29 is 14.3 Å². The van der Waals surface area contributed by atoms with Crippen molar-refractivity contribution in [2.45, 2.75) is 25.4 Å². The molecule has 1 aliphatic rings. The fraction of sp³-hybridized carbons (Fsp3) is 0.545. The predicted molar refractivity (Wildman–Crippen MR) is 63.9 cm³/mol. The minimum absolute atomic E-state index is 0.0260. The van der Waals surface area contributed by atoms with Crippen LogP contribution >= 0.6 is 0 Å². The number of rotatable bonds is 5. The van der Waals surface area contributed by atoms with Crippen LogP contribution in [-0.4, -0.2) is 35.7 Å². The standard InChI is InChI=1S/C11H16N4O3/c1-17-10-4-5-12-11(13-10)15-14-9(16)7-8-3-2-6-18-8/h4-5,8H,2-3,6-7H2,1H3,(H,14,16)(H,12,13,15). The molecule has 0 radical (unpaired) electrons. The fourth-order valence-corrected chi connectivity index (χ4v) is 1.70. The molecule has 1 atom stereocenters. The summed E-state index contributed by atoms with van der Waals surface area (Å²) >= 11 is 0. The summed E-state index contributed by atoms with van der Waals surface area (Å²) in [5.41, 5.74) is 5.16. The second-order valence-electron chi connectivity index (χ2n) is 3.93. The largest absolute Gasteiger partial charge is 0.481 e. The summed E-state index contributed by atoms with van der Waals surface area (Å²) in [7, 11) is 1.52. The Morgan fingerprint density at radius 2 is 2.56 bits per heavy atom. The van der Waals surface area contributed by atoms with Gasteiger partial charge in [0.15, 0.2) is 0 Å². The van der Waals surface area contributed by atoms with Gasteiger partial charge in [0, 0.05) is 18.9 Å². The molecule has 7 heteroatoms. The summed E-state index contributed by atoms with van der Waals surface area (Å²) in [5.74, 6) is 0.573. The molecule has 18 heavy (non-hydrogen) atoms. The van der Waals surface area contributed by atoms with Crippen LogP contribution in [0.4, 0.5) is 5.95 Å². The Morgan fingerprint density at radius 1 is 1.67 bits per heavy atom. The topological polar surface area (TPSA) is 85.4 Å². The molecule has 1 aromatic heterocycles. The highest BCUT2D eigenvalue weighted by Gasteiger charge is 2.18. The van der Waals surface area contributed by atoms with Crippen molar-refractivity contribution in [1.29, 1.82) is 0 Å². The van der Waals surface area contributed by atoms with Gasteiger partial charge in [-0.2, -0.15) is 4.98 Å². The molecule has 0 bridgehead atoms. The minimum atomic E-state index is -0.145. The maximum atomic E-state index is 11.6. The molecule has 1 aliphatic heterocycles. The fourth-order valence-electron chi connectivity index (χ4n) is 1.70. The van der Waals surface area contributed by atoms with Gasteiger partial charge in [-0.15, -0.1) is 0 Å². The highest BCUT2D eigenvalue weighted by atomic mass is 16.5. The molecule has 1 aromatic rings. The average Bonchev–Trinajstić information content (AvgIpc) is 2.89. The monoisotopic (exact) mass is 252 g/mol. The van der Waals surface area contributed by atoms with Gasteiger partial charge in [0.25, 0.3) is 0 Å². The minimum Gasteiger partial charge on any atom is -0.481 e. The lowest BCUT2D eigenvalue weighted by molar-refractivity contribution is -0.122. The highest BCUT2D eigenvalue weighted by molar-refractivity contribution is 5.77. The van der Waals surface area contributed by atoms with Gasteiger partial charge in [0.05, 0.1) is 19.6 Å². The van der Waals surface area contributed by atoms with Crippen LogP contribution in [0.25, 0.3) is 0 Å². The molecule has 0 saturated carbocycles. The molecule has 1 fully saturated rings. The van der Waals surface area contributed by atoms with Gasteiger partial charge in [-0.05, 0) is 12.8 Å². The maximum absolute atomic E-state index is 11.6. The molecule has 2 heterocycles. The van der Waals surface area contributed by atoms with Gasteiger partial charge >= 0.3 is 0 Å². The third-order valence-electron chi connectivity index (χ3n) is 2.59. The Balaban J connectivity index is 1.77. The Labute approximate surface area is 105 Å². The number of anilines is 1. The van der Waals surface area contributed by atoms with E-state index in [-0.39, 0.29) is 18.0 Å². The lowest BCUT2D eigenvalue weighted by Gasteiger charge is -2.10. The Hall–Kier alpha value is -1.89. The predicted octanol–water partition coefficient (Wildman–Crippen LogP) is 0.497. The molecule has 0 spiro atoms. The smallest absolute Gasteiger partial charge is 0.245 e. The van der Waals surface area contributed by atoms with E-state index in [2.05, 4.69) is 20.8 Å². The van der Waals surface area contributed by atoms with Crippen LogP contribution in [0, 0.1) is 0 Å². The maximum Gasteiger partial charge on any atom is 0.245 e. The first-order valence-corrected chi connectivity index (χ1v) is 5.81. The number of ether oxygens (including phenoxy) is 2. The zero-order chi connectivity index (χ0) is 12.8. The lowest BCUT2D eigenvalue weighted by Crippen LogP contribution is -2.32. The molecule has 1 unspecified atom stereocenters. The number of methoxy groups -OCH3 is 1. The molecule has 98 valence electrons. The van der Waals surface area contributed by atoms with Crippen molar-refractivity contribution in [3.05, 3.63) is 12.3 Å². The third kappa shape index (κ3) is 3.56. The van der Waals surface area contributed by atoms with Crippen LogP contribution < -0.4 is 15.6 Å². The van der Waals surface area contributed by atoms with Crippen molar-refractivity contribution >= 4 is 11.9 Å². The van der Waals surface area contributed by atoms with E-state index >= 15 is 0 Å². The van der Waals surface area contributed by atoms with E-state index in [0.29, 0.717) is 12.3 Å². The first-order valence-electron chi connectivity index (χ1n) is 5.81. The Bertz CT molecular complexity index is 407. The SMILES string of the molecule is COc1ccnc(NNC(=O)CC2CCCO2)n1. The van der Waals surface area contributed by atoms with Crippen molar-refractivity contribution in [3.63, 3.8) is 0 Å². The van der Waals surface area contributed by atoms with Crippen LogP contribution in [0.5, 0.6) is 5.88 Å². The molecule has 2 rings (SSSR count). The van der Waals surface area contributed by atoms with E-state index < -0.39 is 0 Å². The van der Waals surface area contributed by atoms with Gasteiger partial charge < -0.3 is 9.47 Å². The average molecular weight is 252 g/mol. The molecule has 0 aromatic carbocycles. The first-order chi connectivity index (χ1) is 8.78. The second-order valence-corrected chi connectivity index (χ2v) is 3.93. The van der Waals surface area contributed by atoms with E-state index in [0.717, 1.165) is 19.4 Å². The van der Waals surface area contributed by atoms with E-state index in [4.69, 9.17) is 9.47 Å².